The second-order valence-electron chi connectivity index (χ2n) is 4.75. The Bertz CT molecular complexity index is 333. The van der Waals surface area contributed by atoms with E-state index in [4.69, 9.17) is 0 Å². The number of pyridine rings is 1. The Hall–Kier alpha value is -0.450. The highest BCUT2D eigenvalue weighted by Crippen LogP contribution is 2.09. The van der Waals surface area contributed by atoms with Gasteiger partial charge in [-0.1, -0.05) is 0 Å². The van der Waals surface area contributed by atoms with Crippen LogP contribution >= 0.6 is 15.9 Å². The van der Waals surface area contributed by atoms with Crippen LogP contribution < -0.4 is 0 Å². The molecular formula is C13H20BrN3. The van der Waals surface area contributed by atoms with Crippen LogP contribution in [0.15, 0.2) is 22.8 Å². The lowest BCUT2D eigenvalue weighted by Gasteiger charge is -2.20. The molecule has 94 valence electrons. The maximum absolute atomic E-state index is 4.40. The number of rotatable bonds is 5. The molecule has 0 atom stereocenters. The Balaban J connectivity index is 1.72. The van der Waals surface area contributed by atoms with Crippen molar-refractivity contribution in [3.05, 3.63) is 28.5 Å². The molecule has 4 heteroatoms. The topological polar surface area (TPSA) is 19.4 Å². The van der Waals surface area contributed by atoms with Gasteiger partial charge in [0, 0.05) is 30.3 Å². The van der Waals surface area contributed by atoms with E-state index in [1.807, 2.05) is 6.20 Å². The third kappa shape index (κ3) is 4.37. The molecule has 1 aromatic rings. The minimum Gasteiger partial charge on any atom is -0.302 e. The van der Waals surface area contributed by atoms with Crippen LogP contribution in [0.25, 0.3) is 0 Å². The van der Waals surface area contributed by atoms with Gasteiger partial charge in [-0.3, -0.25) is 9.88 Å². The Morgan fingerprint density at radius 1 is 1.35 bits per heavy atom. The quantitative estimate of drug-likeness (QED) is 0.832. The fourth-order valence-corrected chi connectivity index (χ4v) is 2.41. The van der Waals surface area contributed by atoms with Crippen molar-refractivity contribution in [1.82, 2.24) is 14.8 Å². The van der Waals surface area contributed by atoms with Crippen molar-refractivity contribution in [2.24, 2.45) is 0 Å². The lowest BCUT2D eigenvalue weighted by atomic mass is 10.3. The van der Waals surface area contributed by atoms with Gasteiger partial charge in [-0.2, -0.15) is 0 Å². The van der Waals surface area contributed by atoms with E-state index in [0.717, 1.165) is 23.3 Å². The van der Waals surface area contributed by atoms with Gasteiger partial charge in [-0.25, -0.2) is 0 Å². The SMILES string of the molecule is CN(CCN1CCCC1)Cc1ccc(Br)cn1. The van der Waals surface area contributed by atoms with Crippen molar-refractivity contribution in [2.75, 3.05) is 33.2 Å². The molecule has 1 aliphatic heterocycles. The molecule has 1 aromatic heterocycles. The van der Waals surface area contributed by atoms with E-state index in [-0.39, 0.29) is 0 Å². The predicted octanol–water partition coefficient (Wildman–Crippen LogP) is 2.37. The van der Waals surface area contributed by atoms with Crippen LogP contribution in [0.1, 0.15) is 18.5 Å². The lowest BCUT2D eigenvalue weighted by molar-refractivity contribution is 0.250. The molecule has 0 aliphatic carbocycles. The molecule has 2 heterocycles. The van der Waals surface area contributed by atoms with Crippen molar-refractivity contribution in [2.45, 2.75) is 19.4 Å². The molecule has 3 nitrogen and oxygen atoms in total. The first-order chi connectivity index (χ1) is 8.24. The van der Waals surface area contributed by atoms with E-state index >= 15 is 0 Å². The van der Waals surface area contributed by atoms with Gasteiger partial charge < -0.3 is 4.90 Å². The van der Waals surface area contributed by atoms with Gasteiger partial charge in [0.15, 0.2) is 0 Å². The third-order valence-electron chi connectivity index (χ3n) is 3.22. The molecule has 0 saturated carbocycles. The van der Waals surface area contributed by atoms with Gasteiger partial charge in [0.2, 0.25) is 0 Å². The largest absolute Gasteiger partial charge is 0.302 e. The number of hydrogen-bond acceptors (Lipinski definition) is 3. The van der Waals surface area contributed by atoms with E-state index in [9.17, 15) is 0 Å². The van der Waals surface area contributed by atoms with Crippen molar-refractivity contribution in [1.29, 1.82) is 0 Å². The zero-order valence-corrected chi connectivity index (χ0v) is 12.0. The molecule has 0 bridgehead atoms. The summed E-state index contributed by atoms with van der Waals surface area (Å²) in [4.78, 5) is 9.28. The fraction of sp³-hybridized carbons (Fsp3) is 0.615. The van der Waals surface area contributed by atoms with Crippen molar-refractivity contribution in [3.8, 4) is 0 Å². The van der Waals surface area contributed by atoms with Crippen molar-refractivity contribution >= 4 is 15.9 Å². The van der Waals surface area contributed by atoms with Crippen molar-refractivity contribution in [3.63, 3.8) is 0 Å². The molecule has 1 aliphatic rings. The summed E-state index contributed by atoms with van der Waals surface area (Å²) in [5.41, 5.74) is 1.14. The molecule has 0 spiro atoms. The number of likely N-dealkylation sites (tertiary alicyclic amines) is 1. The summed E-state index contributed by atoms with van der Waals surface area (Å²) in [6, 6.07) is 4.13. The maximum atomic E-state index is 4.40. The first kappa shape index (κ1) is 13.0. The highest BCUT2D eigenvalue weighted by atomic mass is 79.9. The molecule has 0 unspecified atom stereocenters. The molecule has 0 amide bonds. The summed E-state index contributed by atoms with van der Waals surface area (Å²) < 4.78 is 1.04. The van der Waals surface area contributed by atoms with Gasteiger partial charge in [0.1, 0.15) is 0 Å². The van der Waals surface area contributed by atoms with Crippen LogP contribution in [0.3, 0.4) is 0 Å². The van der Waals surface area contributed by atoms with Gasteiger partial charge in [0.25, 0.3) is 0 Å². The van der Waals surface area contributed by atoms with Crippen LogP contribution in [0.2, 0.25) is 0 Å². The first-order valence-electron chi connectivity index (χ1n) is 6.25. The highest BCUT2D eigenvalue weighted by molar-refractivity contribution is 9.10. The van der Waals surface area contributed by atoms with Crippen LogP contribution in [-0.4, -0.2) is 48.0 Å². The van der Waals surface area contributed by atoms with E-state index in [2.05, 4.69) is 49.9 Å². The van der Waals surface area contributed by atoms with Crippen LogP contribution in [0.4, 0.5) is 0 Å². The third-order valence-corrected chi connectivity index (χ3v) is 3.69. The van der Waals surface area contributed by atoms with E-state index in [1.165, 1.54) is 32.5 Å². The minimum atomic E-state index is 0.932. The Morgan fingerprint density at radius 3 is 2.76 bits per heavy atom. The standard InChI is InChI=1S/C13H20BrN3/c1-16(8-9-17-6-2-3-7-17)11-13-5-4-12(14)10-15-13/h4-5,10H,2-3,6-9,11H2,1H3. The summed E-state index contributed by atoms with van der Waals surface area (Å²) in [7, 11) is 2.17. The molecule has 0 aromatic carbocycles. The van der Waals surface area contributed by atoms with E-state index in [0.29, 0.717) is 0 Å². The molecular weight excluding hydrogens is 278 g/mol. The van der Waals surface area contributed by atoms with Gasteiger partial charge in [-0.05, 0) is 61.0 Å². The summed E-state index contributed by atoms with van der Waals surface area (Å²) in [6.07, 6.45) is 4.61. The minimum absolute atomic E-state index is 0.932. The Labute approximate surface area is 112 Å². The average molecular weight is 298 g/mol. The fourth-order valence-electron chi connectivity index (χ4n) is 2.17. The summed E-state index contributed by atoms with van der Waals surface area (Å²) in [6.45, 7) is 5.81. The lowest BCUT2D eigenvalue weighted by Crippen LogP contribution is -2.31. The maximum Gasteiger partial charge on any atom is 0.0544 e. The smallest absolute Gasteiger partial charge is 0.0544 e. The normalized spacial score (nSPS) is 16.9. The van der Waals surface area contributed by atoms with Gasteiger partial charge in [-0.15, -0.1) is 0 Å². The molecule has 1 saturated heterocycles. The zero-order chi connectivity index (χ0) is 12.1. The van der Waals surface area contributed by atoms with E-state index < -0.39 is 0 Å². The zero-order valence-electron chi connectivity index (χ0n) is 10.4. The summed E-state index contributed by atoms with van der Waals surface area (Å²) in [5, 5.41) is 0. The van der Waals surface area contributed by atoms with E-state index in [1.54, 1.807) is 0 Å². The van der Waals surface area contributed by atoms with Gasteiger partial charge in [0.05, 0.1) is 5.69 Å². The summed E-state index contributed by atoms with van der Waals surface area (Å²) >= 11 is 3.40. The number of nitrogens with zero attached hydrogens (tertiary/aromatic N) is 3. The molecule has 0 radical (unpaired) electrons. The number of halogens is 1. The molecule has 0 N–H and O–H groups in total. The number of hydrogen-bond donors (Lipinski definition) is 0. The first-order valence-corrected chi connectivity index (χ1v) is 7.05. The molecule has 2 rings (SSSR count). The number of likely N-dealkylation sites (N-methyl/N-ethyl adjacent to an activating group) is 1. The van der Waals surface area contributed by atoms with Crippen LogP contribution in [0, 0.1) is 0 Å². The second kappa shape index (κ2) is 6.47. The molecule has 17 heavy (non-hydrogen) atoms. The highest BCUT2D eigenvalue weighted by Gasteiger charge is 2.11. The monoisotopic (exact) mass is 297 g/mol. The predicted molar refractivity (Wildman–Crippen MR) is 73.9 cm³/mol. The average Bonchev–Trinajstić information content (AvgIpc) is 2.83. The van der Waals surface area contributed by atoms with Crippen molar-refractivity contribution < 1.29 is 0 Å². The Kier molecular flexibility index (Phi) is 4.95. The van der Waals surface area contributed by atoms with Crippen LogP contribution in [-0.2, 0) is 6.54 Å². The van der Waals surface area contributed by atoms with Gasteiger partial charge >= 0.3 is 0 Å². The van der Waals surface area contributed by atoms with Crippen LogP contribution in [0.5, 0.6) is 0 Å². The Morgan fingerprint density at radius 2 is 2.12 bits per heavy atom. The second-order valence-corrected chi connectivity index (χ2v) is 5.67. The summed E-state index contributed by atoms with van der Waals surface area (Å²) in [5.74, 6) is 0. The number of aromatic nitrogens is 1. The molecule has 1 fully saturated rings.